The Bertz CT molecular complexity index is 810. The Kier molecular flexibility index (Phi) is 9.38. The third-order valence-electron chi connectivity index (χ3n) is 9.75. The lowest BCUT2D eigenvalue weighted by Gasteiger charge is -2.49. The van der Waals surface area contributed by atoms with Gasteiger partial charge in [-0.15, -0.1) is 0 Å². The van der Waals surface area contributed by atoms with Gasteiger partial charge in [0.15, 0.2) is 0 Å². The summed E-state index contributed by atoms with van der Waals surface area (Å²) < 4.78 is 0. The number of hydrogen-bond donors (Lipinski definition) is 3. The third-order valence-corrected chi connectivity index (χ3v) is 9.75. The molecule has 0 aromatic carbocycles. The van der Waals surface area contributed by atoms with Gasteiger partial charge >= 0.3 is 0 Å². The first kappa shape index (κ1) is 28.1. The van der Waals surface area contributed by atoms with Gasteiger partial charge in [-0.2, -0.15) is 15.0 Å². The van der Waals surface area contributed by atoms with Crippen LogP contribution in [0.25, 0.3) is 0 Å². The van der Waals surface area contributed by atoms with Crippen molar-refractivity contribution in [2.45, 2.75) is 103 Å². The van der Waals surface area contributed by atoms with Gasteiger partial charge < -0.3 is 26.2 Å². The van der Waals surface area contributed by atoms with E-state index in [2.05, 4.69) is 86.0 Å². The van der Waals surface area contributed by atoms with E-state index in [0.29, 0.717) is 35.7 Å². The van der Waals surface area contributed by atoms with Crippen LogP contribution in [0, 0.1) is 11.8 Å². The van der Waals surface area contributed by atoms with Crippen LogP contribution in [0.4, 0.5) is 11.9 Å². The quantitative estimate of drug-likeness (QED) is 0.426. The lowest BCUT2D eigenvalue weighted by Crippen LogP contribution is -2.59. The first-order valence-electron chi connectivity index (χ1n) is 13.9. The van der Waals surface area contributed by atoms with Gasteiger partial charge in [0.1, 0.15) is 5.82 Å². The lowest BCUT2D eigenvalue weighted by atomic mass is 9.73. The highest BCUT2D eigenvalue weighted by Crippen LogP contribution is 2.41. The summed E-state index contributed by atoms with van der Waals surface area (Å²) in [5.41, 5.74) is 6.44. The molecule has 35 heavy (non-hydrogen) atoms. The van der Waals surface area contributed by atoms with Crippen molar-refractivity contribution in [2.75, 3.05) is 51.3 Å². The van der Waals surface area contributed by atoms with E-state index in [1.54, 1.807) is 0 Å². The molecule has 4 N–H and O–H groups in total. The highest BCUT2D eigenvalue weighted by Gasteiger charge is 2.41. The molecule has 200 valence electrons. The SMILES string of the molecule is CC1C(NCCCCCCNc2nc(N)nc(C3CCN(C)C(C)(C)C3C)n2)CCN(C)C1(C)C. The molecule has 0 spiro atoms. The molecule has 3 heterocycles. The number of nitrogens with zero attached hydrogens (tertiary/aromatic N) is 5. The molecule has 1 aromatic rings. The van der Waals surface area contributed by atoms with Crippen molar-refractivity contribution < 1.29 is 0 Å². The lowest BCUT2D eigenvalue weighted by molar-refractivity contribution is 0.0297. The molecule has 1 aromatic heterocycles. The maximum Gasteiger partial charge on any atom is 0.227 e. The van der Waals surface area contributed by atoms with Gasteiger partial charge in [-0.05, 0) is 98.9 Å². The molecule has 0 saturated carbocycles. The molecular formula is C27H52N8. The maximum atomic E-state index is 6.06. The fourth-order valence-corrected chi connectivity index (χ4v) is 5.80. The number of hydrogen-bond acceptors (Lipinski definition) is 8. The van der Waals surface area contributed by atoms with Gasteiger partial charge in [0.25, 0.3) is 0 Å². The zero-order chi connectivity index (χ0) is 25.8. The molecule has 0 bridgehead atoms. The van der Waals surface area contributed by atoms with Crippen LogP contribution in [-0.2, 0) is 0 Å². The van der Waals surface area contributed by atoms with Gasteiger partial charge in [0.2, 0.25) is 11.9 Å². The van der Waals surface area contributed by atoms with Crippen LogP contribution in [0.1, 0.15) is 91.8 Å². The van der Waals surface area contributed by atoms with Crippen molar-refractivity contribution in [1.29, 1.82) is 0 Å². The van der Waals surface area contributed by atoms with E-state index >= 15 is 0 Å². The minimum Gasteiger partial charge on any atom is -0.368 e. The Morgan fingerprint density at radius 2 is 1.43 bits per heavy atom. The summed E-state index contributed by atoms with van der Waals surface area (Å²) in [5.74, 6) is 3.18. The van der Waals surface area contributed by atoms with Crippen LogP contribution in [0.15, 0.2) is 0 Å². The monoisotopic (exact) mass is 488 g/mol. The number of anilines is 2. The fraction of sp³-hybridized carbons (Fsp3) is 0.889. The number of aromatic nitrogens is 3. The van der Waals surface area contributed by atoms with E-state index in [9.17, 15) is 0 Å². The summed E-state index contributed by atoms with van der Waals surface area (Å²) in [5, 5.41) is 7.23. The van der Waals surface area contributed by atoms with Crippen molar-refractivity contribution in [3.63, 3.8) is 0 Å². The molecular weight excluding hydrogens is 436 g/mol. The van der Waals surface area contributed by atoms with Crippen LogP contribution < -0.4 is 16.4 Å². The second-order valence-corrected chi connectivity index (χ2v) is 12.2. The molecule has 2 fully saturated rings. The normalized spacial score (nSPS) is 29.3. The second kappa shape index (κ2) is 11.7. The van der Waals surface area contributed by atoms with Crippen LogP contribution in [-0.4, -0.2) is 82.1 Å². The average molecular weight is 489 g/mol. The highest BCUT2D eigenvalue weighted by atomic mass is 15.2. The van der Waals surface area contributed by atoms with Crippen LogP contribution >= 0.6 is 0 Å². The smallest absolute Gasteiger partial charge is 0.227 e. The molecule has 0 radical (unpaired) electrons. The van der Waals surface area contributed by atoms with E-state index in [1.807, 2.05) is 0 Å². The first-order chi connectivity index (χ1) is 16.4. The summed E-state index contributed by atoms with van der Waals surface area (Å²) in [7, 11) is 4.45. The number of nitrogen functional groups attached to an aromatic ring is 1. The van der Waals surface area contributed by atoms with E-state index < -0.39 is 0 Å². The molecule has 8 heteroatoms. The second-order valence-electron chi connectivity index (χ2n) is 12.2. The molecule has 0 aliphatic carbocycles. The summed E-state index contributed by atoms with van der Waals surface area (Å²) >= 11 is 0. The zero-order valence-corrected chi connectivity index (χ0v) is 23.7. The fourth-order valence-electron chi connectivity index (χ4n) is 5.80. The van der Waals surface area contributed by atoms with Gasteiger partial charge in [-0.25, -0.2) is 0 Å². The third kappa shape index (κ3) is 6.63. The van der Waals surface area contributed by atoms with Crippen molar-refractivity contribution in [1.82, 2.24) is 30.1 Å². The van der Waals surface area contributed by atoms with Crippen molar-refractivity contribution in [2.24, 2.45) is 11.8 Å². The zero-order valence-electron chi connectivity index (χ0n) is 23.7. The average Bonchev–Trinajstić information content (AvgIpc) is 2.79. The van der Waals surface area contributed by atoms with E-state index in [0.717, 1.165) is 38.3 Å². The predicted molar refractivity (Wildman–Crippen MR) is 147 cm³/mol. The number of likely N-dealkylation sites (tertiary alicyclic amines) is 2. The van der Waals surface area contributed by atoms with Crippen LogP contribution in [0.5, 0.6) is 0 Å². The molecule has 4 unspecified atom stereocenters. The molecule has 4 atom stereocenters. The maximum absolute atomic E-state index is 6.06. The number of rotatable bonds is 10. The number of nitrogens with one attached hydrogen (secondary N) is 2. The summed E-state index contributed by atoms with van der Waals surface area (Å²) in [4.78, 5) is 18.6. The van der Waals surface area contributed by atoms with Crippen molar-refractivity contribution in [3.05, 3.63) is 5.82 Å². The molecule has 2 aliphatic heterocycles. The van der Waals surface area contributed by atoms with Crippen molar-refractivity contribution >= 4 is 11.9 Å². The summed E-state index contributed by atoms with van der Waals surface area (Å²) in [6, 6.07) is 0.629. The van der Waals surface area contributed by atoms with Gasteiger partial charge in [0.05, 0.1) is 0 Å². The first-order valence-corrected chi connectivity index (χ1v) is 13.9. The van der Waals surface area contributed by atoms with E-state index in [-0.39, 0.29) is 11.1 Å². The largest absolute Gasteiger partial charge is 0.368 e. The Balaban J connectivity index is 1.37. The molecule has 0 amide bonds. The molecule has 8 nitrogen and oxygen atoms in total. The Morgan fingerprint density at radius 3 is 2.11 bits per heavy atom. The predicted octanol–water partition coefficient (Wildman–Crippen LogP) is 3.97. The minimum atomic E-state index is 0.105. The standard InChI is InChI=1S/C27H52N8/c1-19-21(13-17-34(7)26(19,3)4)23-31-24(28)33-25(32-23)30-16-12-10-9-11-15-29-22-14-18-35(8)27(5,6)20(22)2/h19-22,29H,9-18H2,1-8H3,(H3,28,30,31,32,33). The summed E-state index contributed by atoms with van der Waals surface area (Å²) in [6.45, 7) is 18.2. The topological polar surface area (TPSA) is 95.2 Å². The minimum absolute atomic E-state index is 0.105. The van der Waals surface area contributed by atoms with Gasteiger partial charge in [-0.1, -0.05) is 26.7 Å². The van der Waals surface area contributed by atoms with Gasteiger partial charge in [-0.3, -0.25) is 0 Å². The Morgan fingerprint density at radius 1 is 0.829 bits per heavy atom. The Hall–Kier alpha value is -1.51. The highest BCUT2D eigenvalue weighted by molar-refractivity contribution is 5.32. The van der Waals surface area contributed by atoms with E-state index in [1.165, 1.54) is 32.2 Å². The molecule has 2 aliphatic rings. The number of piperidine rings is 2. The van der Waals surface area contributed by atoms with Crippen LogP contribution in [0.2, 0.25) is 0 Å². The van der Waals surface area contributed by atoms with Gasteiger partial charge in [0, 0.05) is 29.6 Å². The summed E-state index contributed by atoms with van der Waals surface area (Å²) in [6.07, 6.45) is 7.08. The Labute approximate surface area is 214 Å². The number of nitrogens with two attached hydrogens (primary N) is 1. The number of unbranched alkanes of at least 4 members (excludes halogenated alkanes) is 3. The van der Waals surface area contributed by atoms with Crippen molar-refractivity contribution in [3.8, 4) is 0 Å². The van der Waals surface area contributed by atoms with Crippen LogP contribution in [0.3, 0.4) is 0 Å². The van der Waals surface area contributed by atoms with E-state index in [4.69, 9.17) is 10.7 Å². The molecule has 2 saturated heterocycles. The molecule has 3 rings (SSSR count).